The van der Waals surface area contributed by atoms with E-state index < -0.39 is 24.3 Å². The lowest BCUT2D eigenvalue weighted by Crippen LogP contribution is -2.46. The topological polar surface area (TPSA) is 106 Å². The van der Waals surface area contributed by atoms with E-state index >= 15 is 0 Å². The Kier molecular flexibility index (Phi) is 11.1. The number of likely N-dealkylation sites (tertiary alicyclic amines) is 1. The summed E-state index contributed by atoms with van der Waals surface area (Å²) in [6.45, 7) is 7.42. The number of carbonyl (C=O) groups excluding carboxylic acids is 4. The van der Waals surface area contributed by atoms with Crippen LogP contribution in [0.1, 0.15) is 93.8 Å². The van der Waals surface area contributed by atoms with Crippen LogP contribution in [0.2, 0.25) is 0 Å². The molecule has 1 saturated heterocycles. The molecule has 1 saturated carbocycles. The van der Waals surface area contributed by atoms with Gasteiger partial charge in [0.25, 0.3) is 0 Å². The van der Waals surface area contributed by atoms with Gasteiger partial charge < -0.3 is 19.4 Å². The fourth-order valence-electron chi connectivity index (χ4n) is 7.17. The highest BCUT2D eigenvalue weighted by Gasteiger charge is 2.44. The molecule has 1 aliphatic heterocycles. The minimum atomic E-state index is -1.00. The van der Waals surface area contributed by atoms with E-state index in [1.807, 2.05) is 60.4 Å². The van der Waals surface area contributed by atoms with E-state index in [1.165, 1.54) is 0 Å². The highest BCUT2D eigenvalue weighted by molar-refractivity contribution is 5.96. The number of carbonyl (C=O) groups is 4. The second-order valence-corrected chi connectivity index (χ2v) is 13.6. The Balaban J connectivity index is 1.32. The number of rotatable bonds is 12. The van der Waals surface area contributed by atoms with Crippen molar-refractivity contribution in [2.45, 2.75) is 90.9 Å². The van der Waals surface area contributed by atoms with Gasteiger partial charge in [0.2, 0.25) is 12.2 Å². The molecule has 2 fully saturated rings. The Morgan fingerprint density at radius 3 is 2.32 bits per heavy atom. The number of Topliss-reactive ketones (excluding diaryl/α,β-unsaturated/α-hetero) is 1. The quantitative estimate of drug-likeness (QED) is 0.165. The van der Waals surface area contributed by atoms with Crippen LogP contribution in [0.15, 0.2) is 54.6 Å². The molecular formula is C38H47FN2O6. The number of hydrogen-bond acceptors (Lipinski definition) is 6. The SMILES string of the molecule is CCC(=O)OC(OC(=O)c1cc2cc(CC(=O)[C@@H]3[C@@H](c4ccccc4)CCN3C(=O)C3CCC([C@H](C)CF)CC3)ccc2[nH]1)C(C)C. The summed E-state index contributed by atoms with van der Waals surface area (Å²) in [5.41, 5.74) is 2.76. The van der Waals surface area contributed by atoms with Gasteiger partial charge in [0, 0.05) is 48.0 Å². The number of nitrogens with zero attached hydrogens (tertiary/aromatic N) is 1. The molecular weight excluding hydrogens is 599 g/mol. The summed E-state index contributed by atoms with van der Waals surface area (Å²) in [5, 5.41) is 0.743. The number of halogens is 1. The van der Waals surface area contributed by atoms with E-state index in [2.05, 4.69) is 4.98 Å². The van der Waals surface area contributed by atoms with Gasteiger partial charge in [-0.1, -0.05) is 64.1 Å². The molecule has 0 radical (unpaired) electrons. The third kappa shape index (κ3) is 7.94. The second-order valence-electron chi connectivity index (χ2n) is 13.6. The first-order chi connectivity index (χ1) is 22.6. The number of alkyl halides is 1. The lowest BCUT2D eigenvalue weighted by molar-refractivity contribution is -0.175. The van der Waals surface area contributed by atoms with Crippen LogP contribution >= 0.6 is 0 Å². The van der Waals surface area contributed by atoms with Crippen LogP contribution < -0.4 is 0 Å². The van der Waals surface area contributed by atoms with Crippen molar-refractivity contribution in [2.75, 3.05) is 13.2 Å². The third-order valence-corrected chi connectivity index (χ3v) is 10.00. The fraction of sp³-hybridized carbons (Fsp3) is 0.526. The number of ether oxygens (including phenoxy) is 2. The molecule has 3 aromatic rings. The third-order valence-electron chi connectivity index (χ3n) is 10.00. The van der Waals surface area contributed by atoms with Crippen LogP contribution in [0.25, 0.3) is 10.9 Å². The van der Waals surface area contributed by atoms with E-state index in [-0.39, 0.29) is 60.6 Å². The Labute approximate surface area is 276 Å². The number of H-pyrrole nitrogens is 1. The van der Waals surface area contributed by atoms with Crippen LogP contribution in [-0.4, -0.2) is 59.1 Å². The Morgan fingerprint density at radius 2 is 1.66 bits per heavy atom. The van der Waals surface area contributed by atoms with Crippen LogP contribution in [0, 0.1) is 23.7 Å². The number of fused-ring (bicyclic) bond motifs is 1. The van der Waals surface area contributed by atoms with Gasteiger partial charge in [-0.25, -0.2) is 4.79 Å². The maximum absolute atomic E-state index is 14.2. The molecule has 9 heteroatoms. The summed E-state index contributed by atoms with van der Waals surface area (Å²) in [4.78, 5) is 57.8. The first-order valence-corrected chi connectivity index (χ1v) is 17.1. The Morgan fingerprint density at radius 1 is 0.936 bits per heavy atom. The second kappa shape index (κ2) is 15.3. The molecule has 47 heavy (non-hydrogen) atoms. The molecule has 2 aromatic carbocycles. The molecule has 1 aromatic heterocycles. The molecule has 2 heterocycles. The van der Waals surface area contributed by atoms with Gasteiger partial charge in [-0.15, -0.1) is 0 Å². The highest BCUT2D eigenvalue weighted by Crippen LogP contribution is 2.39. The monoisotopic (exact) mass is 646 g/mol. The van der Waals surface area contributed by atoms with Gasteiger partial charge in [0.1, 0.15) is 5.69 Å². The summed E-state index contributed by atoms with van der Waals surface area (Å²) >= 11 is 0. The molecule has 2 aliphatic rings. The molecule has 4 atom stereocenters. The number of amides is 1. The molecule has 8 nitrogen and oxygen atoms in total. The molecule has 0 spiro atoms. The van der Waals surface area contributed by atoms with Crippen LogP contribution in [0.5, 0.6) is 0 Å². The number of hydrogen-bond donors (Lipinski definition) is 1. The van der Waals surface area contributed by atoms with Crippen LogP contribution in [-0.2, 0) is 30.3 Å². The van der Waals surface area contributed by atoms with Crippen molar-refractivity contribution in [3.63, 3.8) is 0 Å². The maximum Gasteiger partial charge on any atom is 0.357 e. The predicted octanol–water partition coefficient (Wildman–Crippen LogP) is 7.17. The van der Waals surface area contributed by atoms with Crippen molar-refractivity contribution in [3.05, 3.63) is 71.4 Å². The van der Waals surface area contributed by atoms with Crippen molar-refractivity contribution in [1.29, 1.82) is 0 Å². The van der Waals surface area contributed by atoms with Crippen LogP contribution in [0.3, 0.4) is 0 Å². The molecule has 1 amide bonds. The number of benzene rings is 2. The van der Waals surface area contributed by atoms with E-state index in [0.29, 0.717) is 24.4 Å². The Hall–Kier alpha value is -4.01. The van der Waals surface area contributed by atoms with Gasteiger partial charge in [0.15, 0.2) is 5.78 Å². The number of esters is 2. The summed E-state index contributed by atoms with van der Waals surface area (Å²) in [6.07, 6.45) is 3.17. The van der Waals surface area contributed by atoms with Crippen molar-refractivity contribution in [3.8, 4) is 0 Å². The minimum Gasteiger partial charge on any atom is -0.425 e. The average Bonchev–Trinajstić information content (AvgIpc) is 3.72. The lowest BCUT2D eigenvalue weighted by Gasteiger charge is -2.35. The normalized spacial score (nSPS) is 22.6. The fourth-order valence-corrected chi connectivity index (χ4v) is 7.17. The summed E-state index contributed by atoms with van der Waals surface area (Å²) in [5.74, 6) is -1.21. The van der Waals surface area contributed by atoms with Crippen LogP contribution in [0.4, 0.5) is 4.39 Å². The summed E-state index contributed by atoms with van der Waals surface area (Å²) < 4.78 is 24.1. The van der Waals surface area contributed by atoms with E-state index in [0.717, 1.165) is 42.2 Å². The molecule has 0 bridgehead atoms. The molecule has 1 N–H and O–H groups in total. The average molecular weight is 647 g/mol. The highest BCUT2D eigenvalue weighted by atomic mass is 19.1. The first kappa shape index (κ1) is 34.3. The van der Waals surface area contributed by atoms with Gasteiger partial charge in [-0.05, 0) is 73.3 Å². The largest absolute Gasteiger partial charge is 0.425 e. The zero-order valence-corrected chi connectivity index (χ0v) is 27.9. The van der Waals surface area contributed by atoms with Gasteiger partial charge in [0.05, 0.1) is 12.7 Å². The predicted molar refractivity (Wildman–Crippen MR) is 177 cm³/mol. The van der Waals surface area contributed by atoms with Crippen molar-refractivity contribution in [2.24, 2.45) is 23.7 Å². The molecule has 1 unspecified atom stereocenters. The minimum absolute atomic E-state index is 0.0103. The number of nitrogens with one attached hydrogen (secondary N) is 1. The Bertz CT molecular complexity index is 1560. The van der Waals surface area contributed by atoms with Gasteiger partial charge in [-0.3, -0.25) is 18.8 Å². The van der Waals surface area contributed by atoms with E-state index in [4.69, 9.17) is 9.47 Å². The number of ketones is 1. The molecule has 252 valence electrons. The van der Waals surface area contributed by atoms with E-state index in [1.54, 1.807) is 26.8 Å². The van der Waals surface area contributed by atoms with E-state index in [9.17, 15) is 23.6 Å². The van der Waals surface area contributed by atoms with Gasteiger partial charge >= 0.3 is 11.9 Å². The lowest BCUT2D eigenvalue weighted by atomic mass is 9.76. The first-order valence-electron chi connectivity index (χ1n) is 17.1. The number of aromatic nitrogens is 1. The summed E-state index contributed by atoms with van der Waals surface area (Å²) in [6, 6.07) is 16.6. The summed E-state index contributed by atoms with van der Waals surface area (Å²) in [7, 11) is 0. The number of aromatic amines is 1. The smallest absolute Gasteiger partial charge is 0.357 e. The van der Waals surface area contributed by atoms with Gasteiger partial charge in [-0.2, -0.15) is 0 Å². The van der Waals surface area contributed by atoms with Crippen molar-refractivity contribution in [1.82, 2.24) is 9.88 Å². The zero-order valence-electron chi connectivity index (χ0n) is 27.9. The van der Waals surface area contributed by atoms with Crippen molar-refractivity contribution >= 4 is 34.5 Å². The van der Waals surface area contributed by atoms with Crippen molar-refractivity contribution < 1.29 is 33.0 Å². The standard InChI is InChI=1S/C38H47FN2O6/c1-5-34(43)46-38(23(2)3)47-37(45)32-21-29-19-25(11-16-31(29)40-32)20-33(42)35-30(27-9-7-6-8-10-27)17-18-41(35)36(44)28-14-12-26(13-15-28)24(4)22-39/h6-11,16,19,21,23-24,26,28,30,35,38,40H,5,12-15,17-18,20,22H2,1-4H3/t24-,26?,28?,30-,35+,38?/m1/s1. The molecule has 1 aliphatic carbocycles. The molecule has 5 rings (SSSR count). The maximum atomic E-state index is 14.2. The zero-order chi connectivity index (χ0) is 33.7.